The number of hydrogen-bond donors (Lipinski definition) is 1. The third-order valence-corrected chi connectivity index (χ3v) is 5.68. The van der Waals surface area contributed by atoms with Gasteiger partial charge in [-0.25, -0.2) is 8.42 Å². The van der Waals surface area contributed by atoms with Crippen molar-refractivity contribution in [3.8, 4) is 11.5 Å². The van der Waals surface area contributed by atoms with E-state index in [1.165, 1.54) is 18.2 Å². The minimum atomic E-state index is -4.06. The van der Waals surface area contributed by atoms with Crippen molar-refractivity contribution in [1.29, 1.82) is 0 Å². The molecule has 0 spiro atoms. The number of aryl methyl sites for hydroxylation is 1. The molecule has 0 aliphatic heterocycles. The number of hydrogen-bond acceptors (Lipinski definition) is 7. The van der Waals surface area contributed by atoms with Gasteiger partial charge in [-0.2, -0.15) is 0 Å². The van der Waals surface area contributed by atoms with E-state index in [4.69, 9.17) is 44.1 Å². The van der Waals surface area contributed by atoms with Crippen LogP contribution in [0.2, 0.25) is 15.1 Å². The highest BCUT2D eigenvalue weighted by atomic mass is 35.5. The maximum Gasteiger partial charge on any atom is 0.271 e. The van der Waals surface area contributed by atoms with E-state index in [1.54, 1.807) is 6.92 Å². The maximum atomic E-state index is 12.5. The Hall–Kier alpha value is -2.53. The van der Waals surface area contributed by atoms with E-state index < -0.39 is 14.9 Å². The molecule has 0 unspecified atom stereocenters. The second kappa shape index (κ2) is 8.07. The summed E-state index contributed by atoms with van der Waals surface area (Å²) in [4.78, 5) is 9.93. The molecule has 1 aromatic heterocycles. The molecule has 3 rings (SSSR count). The Morgan fingerprint density at radius 1 is 1.10 bits per heavy atom. The molecule has 0 aliphatic carbocycles. The summed E-state index contributed by atoms with van der Waals surface area (Å²) in [7, 11) is -4.06. The molecule has 1 heterocycles. The van der Waals surface area contributed by atoms with E-state index in [2.05, 4.69) is 9.88 Å². The van der Waals surface area contributed by atoms with E-state index in [0.29, 0.717) is 5.76 Å². The van der Waals surface area contributed by atoms with Crippen LogP contribution in [0.15, 0.2) is 45.8 Å². The van der Waals surface area contributed by atoms with Gasteiger partial charge in [-0.15, -0.1) is 0 Å². The first-order chi connectivity index (χ1) is 13.6. The summed E-state index contributed by atoms with van der Waals surface area (Å²) in [5, 5.41) is 14.0. The number of benzene rings is 2. The van der Waals surface area contributed by atoms with Crippen LogP contribution < -0.4 is 9.46 Å². The molecule has 3 aromatic rings. The van der Waals surface area contributed by atoms with Crippen molar-refractivity contribution in [2.24, 2.45) is 0 Å². The van der Waals surface area contributed by atoms with Crippen molar-refractivity contribution in [1.82, 2.24) is 5.16 Å². The Morgan fingerprint density at radius 3 is 2.28 bits per heavy atom. The molecule has 0 amide bonds. The number of nitrogens with zero attached hydrogens (tertiary/aromatic N) is 2. The zero-order valence-electron chi connectivity index (χ0n) is 14.4. The number of non-ortho nitro benzene ring substituents is 1. The van der Waals surface area contributed by atoms with Gasteiger partial charge in [0, 0.05) is 18.2 Å². The van der Waals surface area contributed by atoms with Gasteiger partial charge in [0.05, 0.1) is 24.9 Å². The summed E-state index contributed by atoms with van der Waals surface area (Å²) in [6, 6.07) is 7.20. The summed E-state index contributed by atoms with van der Waals surface area (Å²) in [6.07, 6.45) is 0. The minimum absolute atomic E-state index is 0.00673. The number of ether oxygens (including phenoxy) is 1. The van der Waals surface area contributed by atoms with E-state index >= 15 is 0 Å². The average molecular weight is 479 g/mol. The summed E-state index contributed by atoms with van der Waals surface area (Å²) in [5.41, 5.74) is -0.227. The lowest BCUT2D eigenvalue weighted by molar-refractivity contribution is -0.384. The monoisotopic (exact) mass is 477 g/mol. The highest BCUT2D eigenvalue weighted by Gasteiger charge is 2.22. The quantitative estimate of drug-likeness (QED) is 0.369. The van der Waals surface area contributed by atoms with Crippen molar-refractivity contribution < 1.29 is 22.6 Å². The summed E-state index contributed by atoms with van der Waals surface area (Å²) < 4.78 is 37.6. The van der Waals surface area contributed by atoms with Crippen molar-refractivity contribution in [2.75, 3.05) is 4.72 Å². The second-order valence-electron chi connectivity index (χ2n) is 5.62. The highest BCUT2D eigenvalue weighted by molar-refractivity contribution is 7.92. The largest absolute Gasteiger partial charge is 0.453 e. The maximum absolute atomic E-state index is 12.5. The molecule has 152 valence electrons. The van der Waals surface area contributed by atoms with Crippen LogP contribution in [0.3, 0.4) is 0 Å². The number of rotatable bonds is 6. The number of anilines is 1. The standard InChI is InChI=1S/C16H10Cl3N3O6S/c1-8-4-15(20-28-8)21-29(25,26)10-6-12(18)16(13(19)7-10)27-14-3-2-9(22(23)24)5-11(14)17/h2-7H,1H3,(H,20,21). The molecule has 29 heavy (non-hydrogen) atoms. The Bertz CT molecular complexity index is 1190. The van der Waals surface area contributed by atoms with Gasteiger partial charge in [0.2, 0.25) is 0 Å². The van der Waals surface area contributed by atoms with Gasteiger partial charge in [-0.1, -0.05) is 40.0 Å². The fourth-order valence-electron chi connectivity index (χ4n) is 2.20. The van der Waals surface area contributed by atoms with Crippen molar-refractivity contribution in [3.05, 3.63) is 67.3 Å². The molecule has 1 N–H and O–H groups in total. The molecule has 0 radical (unpaired) electrons. The zero-order valence-corrected chi connectivity index (χ0v) is 17.4. The average Bonchev–Trinajstić information content (AvgIpc) is 3.02. The van der Waals surface area contributed by atoms with Crippen molar-refractivity contribution >= 4 is 56.3 Å². The van der Waals surface area contributed by atoms with E-state index in [1.807, 2.05) is 0 Å². The number of nitro groups is 1. The number of nitrogens with one attached hydrogen (secondary N) is 1. The Morgan fingerprint density at radius 2 is 1.76 bits per heavy atom. The number of nitro benzene ring substituents is 1. The van der Waals surface area contributed by atoms with Crippen molar-refractivity contribution in [3.63, 3.8) is 0 Å². The fourth-order valence-corrected chi connectivity index (χ4v) is 4.14. The van der Waals surface area contributed by atoms with Gasteiger partial charge in [0.1, 0.15) is 11.5 Å². The predicted molar refractivity (Wildman–Crippen MR) is 107 cm³/mol. The van der Waals surface area contributed by atoms with Crippen LogP contribution in [0.4, 0.5) is 11.5 Å². The van der Waals surface area contributed by atoms with Gasteiger partial charge >= 0.3 is 0 Å². The van der Waals surface area contributed by atoms with E-state index in [-0.39, 0.29) is 43.0 Å². The molecule has 0 saturated carbocycles. The van der Waals surface area contributed by atoms with Crippen molar-refractivity contribution in [2.45, 2.75) is 11.8 Å². The summed E-state index contributed by atoms with van der Waals surface area (Å²) in [5.74, 6) is 0.392. The summed E-state index contributed by atoms with van der Waals surface area (Å²) >= 11 is 18.3. The highest BCUT2D eigenvalue weighted by Crippen LogP contribution is 2.41. The molecule has 0 aliphatic rings. The van der Waals surface area contributed by atoms with Crippen LogP contribution in [0.5, 0.6) is 11.5 Å². The van der Waals surface area contributed by atoms with Gasteiger partial charge < -0.3 is 9.26 Å². The smallest absolute Gasteiger partial charge is 0.271 e. The van der Waals surface area contributed by atoms with Gasteiger partial charge in [0.15, 0.2) is 11.6 Å². The summed E-state index contributed by atoms with van der Waals surface area (Å²) in [6.45, 7) is 1.61. The topological polar surface area (TPSA) is 125 Å². The van der Waals surface area contributed by atoms with Crippen LogP contribution in [-0.4, -0.2) is 18.5 Å². The van der Waals surface area contributed by atoms with Crippen LogP contribution in [-0.2, 0) is 10.0 Å². The molecular weight excluding hydrogens is 469 g/mol. The SMILES string of the molecule is Cc1cc(NS(=O)(=O)c2cc(Cl)c(Oc3ccc([N+](=O)[O-])cc3Cl)c(Cl)c2)no1. The molecule has 0 fully saturated rings. The van der Waals surface area contributed by atoms with Gasteiger partial charge in [0.25, 0.3) is 15.7 Å². The Balaban J connectivity index is 1.91. The fraction of sp³-hybridized carbons (Fsp3) is 0.0625. The van der Waals surface area contributed by atoms with Gasteiger partial charge in [-0.3, -0.25) is 14.8 Å². The third-order valence-electron chi connectivity index (χ3n) is 3.49. The van der Waals surface area contributed by atoms with Crippen LogP contribution >= 0.6 is 34.8 Å². The van der Waals surface area contributed by atoms with Gasteiger partial charge in [-0.05, 0) is 25.1 Å². The van der Waals surface area contributed by atoms with Crippen LogP contribution in [0.1, 0.15) is 5.76 Å². The number of sulfonamides is 1. The molecule has 0 atom stereocenters. The van der Waals surface area contributed by atoms with E-state index in [9.17, 15) is 18.5 Å². The second-order valence-corrected chi connectivity index (χ2v) is 8.52. The Kier molecular flexibility index (Phi) is 5.90. The Labute approximate surface area is 179 Å². The minimum Gasteiger partial charge on any atom is -0.453 e. The zero-order chi connectivity index (χ0) is 21.3. The third kappa shape index (κ3) is 4.73. The normalized spacial score (nSPS) is 11.3. The molecule has 2 aromatic carbocycles. The van der Waals surface area contributed by atoms with E-state index in [0.717, 1.165) is 18.2 Å². The van der Waals surface area contributed by atoms with Crippen LogP contribution in [0, 0.1) is 17.0 Å². The lowest BCUT2D eigenvalue weighted by atomic mass is 10.3. The lowest BCUT2D eigenvalue weighted by Gasteiger charge is -2.13. The lowest BCUT2D eigenvalue weighted by Crippen LogP contribution is -2.13. The first-order valence-electron chi connectivity index (χ1n) is 7.64. The number of aromatic nitrogens is 1. The first kappa shape index (κ1) is 21.2. The molecular formula is C16H10Cl3N3O6S. The predicted octanol–water partition coefficient (Wildman–Crippen LogP) is 5.44. The molecule has 0 bridgehead atoms. The molecule has 13 heteroatoms. The molecule has 9 nitrogen and oxygen atoms in total. The molecule has 0 saturated heterocycles. The first-order valence-corrected chi connectivity index (χ1v) is 10.3. The number of halogens is 3. The van der Waals surface area contributed by atoms with Crippen LogP contribution in [0.25, 0.3) is 0 Å².